The zero-order valence-corrected chi connectivity index (χ0v) is 14.5. The third-order valence-electron chi connectivity index (χ3n) is 3.90. The van der Waals surface area contributed by atoms with E-state index in [9.17, 15) is 0 Å². The molecule has 0 saturated heterocycles. The molecule has 2 heterocycles. The van der Waals surface area contributed by atoms with Gasteiger partial charge in [0.05, 0.1) is 5.69 Å². The van der Waals surface area contributed by atoms with Gasteiger partial charge >= 0.3 is 0 Å². The van der Waals surface area contributed by atoms with E-state index in [4.69, 9.17) is 4.98 Å². The Labute approximate surface area is 141 Å². The van der Waals surface area contributed by atoms with Crippen molar-refractivity contribution < 1.29 is 0 Å². The molecule has 3 rings (SSSR count). The third kappa shape index (κ3) is 3.59. The van der Waals surface area contributed by atoms with Crippen LogP contribution in [0.15, 0.2) is 48.7 Å². The molecule has 2 aromatic heterocycles. The number of benzene rings is 1. The van der Waals surface area contributed by atoms with Crippen LogP contribution in [0, 0.1) is 6.92 Å². The molecule has 0 amide bonds. The average Bonchev–Trinajstić information content (AvgIpc) is 2.99. The van der Waals surface area contributed by atoms with Crippen LogP contribution in [0.3, 0.4) is 0 Å². The highest BCUT2D eigenvalue weighted by Crippen LogP contribution is 2.38. The van der Waals surface area contributed by atoms with Crippen molar-refractivity contribution in [3.05, 3.63) is 59.1 Å². The molecule has 0 fully saturated rings. The molecule has 118 valence electrons. The minimum Gasteiger partial charge on any atom is -0.316 e. The summed E-state index contributed by atoms with van der Waals surface area (Å²) in [5.41, 5.74) is 3.53. The lowest BCUT2D eigenvalue weighted by atomic mass is 10.0. The highest BCUT2D eigenvalue weighted by Gasteiger charge is 2.17. The zero-order chi connectivity index (χ0) is 16.2. The van der Waals surface area contributed by atoms with Crippen molar-refractivity contribution in [3.8, 4) is 11.3 Å². The smallest absolute Gasteiger partial charge is 0.189 e. The van der Waals surface area contributed by atoms with E-state index >= 15 is 0 Å². The molecule has 4 heteroatoms. The number of aryl methyl sites for hydroxylation is 1. The van der Waals surface area contributed by atoms with Crippen LogP contribution in [0.4, 0.5) is 10.9 Å². The first kappa shape index (κ1) is 15.7. The summed E-state index contributed by atoms with van der Waals surface area (Å²) >= 11 is 1.73. The molecule has 1 aromatic carbocycles. The van der Waals surface area contributed by atoms with E-state index in [2.05, 4.69) is 55.3 Å². The van der Waals surface area contributed by atoms with Gasteiger partial charge in [0.2, 0.25) is 0 Å². The van der Waals surface area contributed by atoms with Gasteiger partial charge in [-0.3, -0.25) is 0 Å². The van der Waals surface area contributed by atoms with Crippen LogP contribution < -0.4 is 5.32 Å². The molecule has 1 N–H and O–H groups in total. The molecule has 0 radical (unpaired) electrons. The number of nitrogens with zero attached hydrogens (tertiary/aromatic N) is 2. The highest BCUT2D eigenvalue weighted by atomic mass is 32.1. The number of aromatic nitrogens is 2. The van der Waals surface area contributed by atoms with E-state index in [1.54, 1.807) is 17.5 Å². The van der Waals surface area contributed by atoms with Gasteiger partial charge in [0.25, 0.3) is 0 Å². The van der Waals surface area contributed by atoms with Crippen molar-refractivity contribution in [2.24, 2.45) is 0 Å². The molecular weight excluding hydrogens is 302 g/mol. The van der Waals surface area contributed by atoms with Gasteiger partial charge in [-0.05, 0) is 37.5 Å². The highest BCUT2D eigenvalue weighted by molar-refractivity contribution is 7.16. The Morgan fingerprint density at radius 1 is 1.17 bits per heavy atom. The van der Waals surface area contributed by atoms with Gasteiger partial charge in [-0.25, -0.2) is 9.97 Å². The summed E-state index contributed by atoms with van der Waals surface area (Å²) in [6, 6.07) is 14.4. The van der Waals surface area contributed by atoms with Crippen molar-refractivity contribution >= 4 is 22.3 Å². The van der Waals surface area contributed by atoms with Gasteiger partial charge in [0, 0.05) is 16.6 Å². The fourth-order valence-electron chi connectivity index (χ4n) is 2.45. The fourth-order valence-corrected chi connectivity index (χ4v) is 3.58. The number of pyridine rings is 1. The zero-order valence-electron chi connectivity index (χ0n) is 13.7. The second-order valence-corrected chi connectivity index (χ2v) is 6.78. The molecule has 3 nitrogen and oxygen atoms in total. The van der Waals surface area contributed by atoms with Crippen molar-refractivity contribution in [1.82, 2.24) is 9.97 Å². The topological polar surface area (TPSA) is 37.8 Å². The maximum Gasteiger partial charge on any atom is 0.189 e. The molecule has 0 aliphatic heterocycles. The first-order valence-electron chi connectivity index (χ1n) is 7.93. The Morgan fingerprint density at radius 3 is 2.74 bits per heavy atom. The summed E-state index contributed by atoms with van der Waals surface area (Å²) in [5, 5.41) is 4.22. The standard InChI is InChI=1S/C19H21N3S/c1-4-14(3)18-17(15-9-7-8-13(2)12-15)22-19(23-18)21-16-10-5-6-11-20-16/h5-12,14H,4H2,1-3H3,(H,20,21,22). The number of thiazole rings is 1. The first-order valence-corrected chi connectivity index (χ1v) is 8.75. The van der Waals surface area contributed by atoms with E-state index in [1.165, 1.54) is 16.0 Å². The molecule has 0 saturated carbocycles. The lowest BCUT2D eigenvalue weighted by molar-refractivity contribution is 0.748. The van der Waals surface area contributed by atoms with Gasteiger partial charge in [-0.15, -0.1) is 11.3 Å². The van der Waals surface area contributed by atoms with E-state index in [0.717, 1.165) is 23.1 Å². The Morgan fingerprint density at radius 2 is 2.04 bits per heavy atom. The molecule has 0 aliphatic carbocycles. The number of nitrogens with one attached hydrogen (secondary N) is 1. The maximum atomic E-state index is 4.85. The Balaban J connectivity index is 2.00. The molecule has 0 bridgehead atoms. The second kappa shape index (κ2) is 6.92. The minimum atomic E-state index is 0.488. The minimum absolute atomic E-state index is 0.488. The maximum absolute atomic E-state index is 4.85. The summed E-state index contributed by atoms with van der Waals surface area (Å²) in [6.07, 6.45) is 2.89. The van der Waals surface area contributed by atoms with Gasteiger partial charge in [-0.2, -0.15) is 0 Å². The third-order valence-corrected chi connectivity index (χ3v) is 5.11. The molecule has 0 aliphatic rings. The van der Waals surface area contributed by atoms with E-state index < -0.39 is 0 Å². The predicted molar refractivity (Wildman–Crippen MR) is 98.5 cm³/mol. The van der Waals surface area contributed by atoms with Crippen molar-refractivity contribution in [2.75, 3.05) is 5.32 Å². The predicted octanol–water partition coefficient (Wildman–Crippen LogP) is 5.77. The molecule has 3 aromatic rings. The fraction of sp³-hybridized carbons (Fsp3) is 0.263. The largest absolute Gasteiger partial charge is 0.316 e. The van der Waals surface area contributed by atoms with Crippen molar-refractivity contribution in [2.45, 2.75) is 33.1 Å². The summed E-state index contributed by atoms with van der Waals surface area (Å²) in [7, 11) is 0. The van der Waals surface area contributed by atoms with Crippen LogP contribution in [0.25, 0.3) is 11.3 Å². The Bertz CT molecular complexity index is 780. The molecule has 23 heavy (non-hydrogen) atoms. The number of hydrogen-bond acceptors (Lipinski definition) is 4. The van der Waals surface area contributed by atoms with Gasteiger partial charge in [0.1, 0.15) is 5.82 Å². The SMILES string of the molecule is CCC(C)c1sc(Nc2ccccn2)nc1-c1cccc(C)c1. The lowest BCUT2D eigenvalue weighted by Crippen LogP contribution is -1.92. The number of rotatable bonds is 5. The van der Waals surface area contributed by atoms with Crippen molar-refractivity contribution in [1.29, 1.82) is 0 Å². The second-order valence-electron chi connectivity index (χ2n) is 5.75. The molecule has 1 atom stereocenters. The van der Waals surface area contributed by atoms with Gasteiger partial charge in [-0.1, -0.05) is 43.7 Å². The Hall–Kier alpha value is -2.20. The van der Waals surface area contributed by atoms with Crippen LogP contribution in [0.1, 0.15) is 36.6 Å². The van der Waals surface area contributed by atoms with Gasteiger partial charge in [0.15, 0.2) is 5.13 Å². The first-order chi connectivity index (χ1) is 11.2. The summed E-state index contributed by atoms with van der Waals surface area (Å²) in [6.45, 7) is 6.60. The van der Waals surface area contributed by atoms with Gasteiger partial charge < -0.3 is 5.32 Å². The quantitative estimate of drug-likeness (QED) is 0.647. The molecular formula is C19H21N3S. The van der Waals surface area contributed by atoms with E-state index in [1.807, 2.05) is 18.2 Å². The van der Waals surface area contributed by atoms with Crippen LogP contribution in [0.5, 0.6) is 0 Å². The summed E-state index contributed by atoms with van der Waals surface area (Å²) < 4.78 is 0. The van der Waals surface area contributed by atoms with E-state index in [0.29, 0.717) is 5.92 Å². The summed E-state index contributed by atoms with van der Waals surface area (Å²) in [5.74, 6) is 1.31. The van der Waals surface area contributed by atoms with Crippen molar-refractivity contribution in [3.63, 3.8) is 0 Å². The number of anilines is 2. The lowest BCUT2D eigenvalue weighted by Gasteiger charge is -2.08. The molecule has 1 unspecified atom stereocenters. The van der Waals surface area contributed by atoms with Crippen LogP contribution in [-0.2, 0) is 0 Å². The number of hydrogen-bond donors (Lipinski definition) is 1. The summed E-state index contributed by atoms with van der Waals surface area (Å²) in [4.78, 5) is 10.5. The van der Waals surface area contributed by atoms with Crippen LogP contribution >= 0.6 is 11.3 Å². The van der Waals surface area contributed by atoms with E-state index in [-0.39, 0.29) is 0 Å². The van der Waals surface area contributed by atoms with Crippen LogP contribution in [0.2, 0.25) is 0 Å². The normalized spacial score (nSPS) is 12.1. The molecule has 0 spiro atoms. The average molecular weight is 323 g/mol. The Kier molecular flexibility index (Phi) is 4.72. The monoisotopic (exact) mass is 323 g/mol. The van der Waals surface area contributed by atoms with Crippen LogP contribution in [-0.4, -0.2) is 9.97 Å².